The number of aromatic nitrogens is 1. The number of hydrogen-bond donors (Lipinski definition) is 1. The maximum atomic E-state index is 12.1. The van der Waals surface area contributed by atoms with E-state index in [-0.39, 0.29) is 17.9 Å². The van der Waals surface area contributed by atoms with Crippen LogP contribution in [0.15, 0.2) is 46.2 Å². The molecule has 3 heterocycles. The van der Waals surface area contributed by atoms with Crippen LogP contribution >= 0.6 is 11.3 Å². The van der Waals surface area contributed by atoms with Gasteiger partial charge in [-0.2, -0.15) is 11.3 Å². The minimum absolute atomic E-state index is 0.00119. The zero-order chi connectivity index (χ0) is 16.8. The summed E-state index contributed by atoms with van der Waals surface area (Å²) in [6.07, 6.45) is 2.50. The number of nitrogens with two attached hydrogens (primary N) is 1. The van der Waals surface area contributed by atoms with Gasteiger partial charge in [0, 0.05) is 36.8 Å². The standard InChI is InChI=1S/C18H18N4OS/c1-21-9-14(12-5-6-24-10-12)13-7-11(3-4-16(13)21)15-8-17(23)22(2)18(19)20-15/h3-7,9-10,15H,8H2,1-2H3,(H2,19,20). The number of benzene rings is 1. The molecule has 0 fully saturated rings. The van der Waals surface area contributed by atoms with Crippen LogP contribution in [0.4, 0.5) is 0 Å². The maximum Gasteiger partial charge on any atom is 0.231 e. The van der Waals surface area contributed by atoms with Crippen molar-refractivity contribution < 1.29 is 4.79 Å². The second kappa shape index (κ2) is 5.49. The molecule has 5 nitrogen and oxygen atoms in total. The molecule has 0 radical (unpaired) electrons. The fourth-order valence-electron chi connectivity index (χ4n) is 3.18. The monoisotopic (exact) mass is 338 g/mol. The normalized spacial score (nSPS) is 18.2. The van der Waals surface area contributed by atoms with E-state index in [1.165, 1.54) is 21.4 Å². The van der Waals surface area contributed by atoms with Gasteiger partial charge in [0.15, 0.2) is 5.96 Å². The number of aryl methyl sites for hydroxylation is 1. The molecule has 0 aliphatic carbocycles. The van der Waals surface area contributed by atoms with Gasteiger partial charge in [0.2, 0.25) is 5.91 Å². The predicted molar refractivity (Wildman–Crippen MR) is 98.0 cm³/mol. The average molecular weight is 338 g/mol. The zero-order valence-electron chi connectivity index (χ0n) is 13.6. The van der Waals surface area contributed by atoms with Gasteiger partial charge in [-0.3, -0.25) is 9.69 Å². The van der Waals surface area contributed by atoms with Crippen molar-refractivity contribution in [2.75, 3.05) is 7.05 Å². The lowest BCUT2D eigenvalue weighted by Gasteiger charge is -2.25. The van der Waals surface area contributed by atoms with Crippen LogP contribution in [0.3, 0.4) is 0 Å². The van der Waals surface area contributed by atoms with E-state index in [4.69, 9.17) is 5.73 Å². The van der Waals surface area contributed by atoms with Crippen LogP contribution < -0.4 is 5.73 Å². The SMILES string of the molecule is CN1C(=O)CC(c2ccc3c(c2)c(-c2ccsc2)cn3C)N=C1N. The lowest BCUT2D eigenvalue weighted by atomic mass is 9.99. The lowest BCUT2D eigenvalue weighted by Crippen LogP contribution is -2.42. The first-order chi connectivity index (χ1) is 11.5. The second-order valence-electron chi connectivity index (χ2n) is 6.10. The van der Waals surface area contributed by atoms with Crippen LogP contribution in [0.5, 0.6) is 0 Å². The molecule has 0 bridgehead atoms. The Bertz CT molecular complexity index is 955. The van der Waals surface area contributed by atoms with Gasteiger partial charge in [0.1, 0.15) is 0 Å². The van der Waals surface area contributed by atoms with Gasteiger partial charge in [-0.25, -0.2) is 4.99 Å². The second-order valence-corrected chi connectivity index (χ2v) is 6.88. The van der Waals surface area contributed by atoms with E-state index in [1.807, 2.05) is 13.1 Å². The number of rotatable bonds is 2. The molecule has 1 atom stereocenters. The summed E-state index contributed by atoms with van der Waals surface area (Å²) in [5.74, 6) is 0.279. The summed E-state index contributed by atoms with van der Waals surface area (Å²) in [6.45, 7) is 0. The summed E-state index contributed by atoms with van der Waals surface area (Å²) in [5, 5.41) is 5.41. The lowest BCUT2D eigenvalue weighted by molar-refractivity contribution is -0.127. The molecule has 6 heteroatoms. The number of amides is 1. The van der Waals surface area contributed by atoms with Gasteiger partial charge in [-0.15, -0.1) is 0 Å². The zero-order valence-corrected chi connectivity index (χ0v) is 14.4. The number of thiophene rings is 1. The van der Waals surface area contributed by atoms with E-state index >= 15 is 0 Å². The Kier molecular flexibility index (Phi) is 3.42. The third-order valence-electron chi connectivity index (χ3n) is 4.60. The molecule has 1 aliphatic heterocycles. The average Bonchev–Trinajstić information content (AvgIpc) is 3.20. The predicted octanol–water partition coefficient (Wildman–Crippen LogP) is 3.12. The van der Waals surface area contributed by atoms with E-state index in [0.29, 0.717) is 6.42 Å². The van der Waals surface area contributed by atoms with Crippen LogP contribution in [0.25, 0.3) is 22.0 Å². The largest absolute Gasteiger partial charge is 0.369 e. The first-order valence-corrected chi connectivity index (χ1v) is 8.70. The first-order valence-electron chi connectivity index (χ1n) is 7.76. The van der Waals surface area contributed by atoms with Gasteiger partial charge in [-0.1, -0.05) is 6.07 Å². The van der Waals surface area contributed by atoms with Crippen molar-refractivity contribution in [1.82, 2.24) is 9.47 Å². The number of fused-ring (bicyclic) bond motifs is 1. The summed E-state index contributed by atoms with van der Waals surface area (Å²) in [5.41, 5.74) is 10.5. The maximum absolute atomic E-state index is 12.1. The Morgan fingerprint density at radius 2 is 2.12 bits per heavy atom. The molecule has 0 spiro atoms. The van der Waals surface area contributed by atoms with E-state index in [1.54, 1.807) is 18.4 Å². The van der Waals surface area contributed by atoms with Crippen molar-refractivity contribution in [3.63, 3.8) is 0 Å². The van der Waals surface area contributed by atoms with Gasteiger partial charge < -0.3 is 10.3 Å². The molecule has 1 aromatic carbocycles. The van der Waals surface area contributed by atoms with Crippen LogP contribution in [-0.4, -0.2) is 28.4 Å². The van der Waals surface area contributed by atoms with Gasteiger partial charge in [0.05, 0.1) is 12.5 Å². The minimum atomic E-state index is -0.214. The summed E-state index contributed by atoms with van der Waals surface area (Å²) < 4.78 is 2.13. The third-order valence-corrected chi connectivity index (χ3v) is 5.29. The molecule has 2 N–H and O–H groups in total. The fraction of sp³-hybridized carbons (Fsp3) is 0.222. The van der Waals surface area contributed by atoms with E-state index in [0.717, 1.165) is 11.1 Å². The fourth-order valence-corrected chi connectivity index (χ4v) is 3.83. The number of guanidine groups is 1. The highest BCUT2D eigenvalue weighted by molar-refractivity contribution is 7.08. The van der Waals surface area contributed by atoms with Gasteiger partial charge in [-0.05, 0) is 40.1 Å². The smallest absolute Gasteiger partial charge is 0.231 e. The molecule has 0 saturated carbocycles. The minimum Gasteiger partial charge on any atom is -0.369 e. The van der Waals surface area contributed by atoms with Crippen molar-refractivity contribution in [2.24, 2.45) is 17.8 Å². The molecule has 2 aromatic heterocycles. The molecule has 1 unspecified atom stereocenters. The van der Waals surface area contributed by atoms with Gasteiger partial charge in [0.25, 0.3) is 0 Å². The van der Waals surface area contributed by atoms with Crippen molar-refractivity contribution in [3.05, 3.63) is 46.8 Å². The number of hydrogen-bond acceptors (Lipinski definition) is 4. The molecule has 24 heavy (non-hydrogen) atoms. The van der Waals surface area contributed by atoms with Crippen molar-refractivity contribution in [1.29, 1.82) is 0 Å². The Morgan fingerprint density at radius 1 is 1.29 bits per heavy atom. The summed E-state index contributed by atoms with van der Waals surface area (Å²) >= 11 is 1.69. The molecule has 122 valence electrons. The summed E-state index contributed by atoms with van der Waals surface area (Å²) in [4.78, 5) is 18.0. The highest BCUT2D eigenvalue weighted by Gasteiger charge is 2.26. The van der Waals surface area contributed by atoms with Gasteiger partial charge >= 0.3 is 0 Å². The molecule has 1 aliphatic rings. The first kappa shape index (κ1) is 15.0. The van der Waals surface area contributed by atoms with Crippen LogP contribution in [-0.2, 0) is 11.8 Å². The molecule has 0 saturated heterocycles. The Balaban J connectivity index is 1.84. The Labute approximate surface area is 144 Å². The van der Waals surface area contributed by atoms with Crippen molar-refractivity contribution >= 4 is 34.1 Å². The number of aliphatic imine (C=N–C) groups is 1. The number of carbonyl (C=O) groups excluding carboxylic acids is 1. The molecule has 4 rings (SSSR count). The van der Waals surface area contributed by atoms with Crippen molar-refractivity contribution in [3.8, 4) is 11.1 Å². The van der Waals surface area contributed by atoms with Crippen molar-refractivity contribution in [2.45, 2.75) is 12.5 Å². The summed E-state index contributed by atoms with van der Waals surface area (Å²) in [7, 11) is 3.71. The quantitative estimate of drug-likeness (QED) is 0.780. The topological polar surface area (TPSA) is 63.6 Å². The number of nitrogens with zero attached hydrogens (tertiary/aromatic N) is 3. The molecule has 1 amide bonds. The Hall–Kier alpha value is -2.60. The van der Waals surface area contributed by atoms with E-state index in [2.05, 4.69) is 44.7 Å². The van der Waals surface area contributed by atoms with E-state index < -0.39 is 0 Å². The molecular weight excluding hydrogens is 320 g/mol. The Morgan fingerprint density at radius 3 is 2.83 bits per heavy atom. The van der Waals surface area contributed by atoms with Crippen LogP contribution in [0.2, 0.25) is 0 Å². The molecule has 3 aromatic rings. The summed E-state index contributed by atoms with van der Waals surface area (Å²) in [6, 6.07) is 8.19. The number of carbonyl (C=O) groups is 1. The highest BCUT2D eigenvalue weighted by Crippen LogP contribution is 2.35. The van der Waals surface area contributed by atoms with E-state index in [9.17, 15) is 4.79 Å². The highest BCUT2D eigenvalue weighted by atomic mass is 32.1. The van der Waals surface area contributed by atoms with Crippen LogP contribution in [0, 0.1) is 0 Å². The third kappa shape index (κ3) is 2.30. The van der Waals surface area contributed by atoms with Crippen LogP contribution in [0.1, 0.15) is 18.0 Å². The molecular formula is C18H18N4OS.